The molecule has 0 aliphatic heterocycles. The Kier molecular flexibility index (Phi) is 5.23. The van der Waals surface area contributed by atoms with Crippen LogP contribution in [0.25, 0.3) is 10.8 Å². The van der Waals surface area contributed by atoms with Crippen LogP contribution in [-0.4, -0.2) is 25.9 Å². The highest BCUT2D eigenvalue weighted by molar-refractivity contribution is 7.77. The van der Waals surface area contributed by atoms with Crippen molar-refractivity contribution in [1.82, 2.24) is 4.72 Å². The lowest BCUT2D eigenvalue weighted by atomic mass is 9.83. The molecule has 0 aliphatic rings. The van der Waals surface area contributed by atoms with E-state index in [-0.39, 0.29) is 0 Å². The summed E-state index contributed by atoms with van der Waals surface area (Å²) in [4.78, 5) is 11.9. The minimum atomic E-state index is -2.45. The van der Waals surface area contributed by atoms with E-state index in [1.807, 2.05) is 72.8 Å². The van der Waals surface area contributed by atoms with Crippen molar-refractivity contribution in [2.24, 2.45) is 0 Å². The fourth-order valence-corrected chi connectivity index (χ4v) is 3.56. The van der Waals surface area contributed by atoms with Crippen LogP contribution in [0.2, 0.25) is 0 Å². The average Bonchev–Trinajstić information content (AvgIpc) is 2.62. The summed E-state index contributed by atoms with van der Waals surface area (Å²) in [5.41, 5.74) is 1.54. The maximum Gasteiger partial charge on any atom is 0.322 e. The molecule has 0 saturated carbocycles. The van der Waals surface area contributed by atoms with Crippen molar-refractivity contribution in [2.75, 3.05) is 0 Å². The van der Waals surface area contributed by atoms with E-state index in [0.29, 0.717) is 0 Å². The molecule has 0 fully saturated rings. The molecule has 3 aromatic rings. The van der Waals surface area contributed by atoms with Crippen LogP contribution in [0.5, 0.6) is 0 Å². The minimum Gasteiger partial charge on any atom is -0.480 e. The lowest BCUT2D eigenvalue weighted by Crippen LogP contribution is -2.43. The molecule has 3 atom stereocenters. The van der Waals surface area contributed by atoms with Gasteiger partial charge in [0.2, 0.25) is 11.3 Å². The first-order valence-corrected chi connectivity index (χ1v) is 8.81. The van der Waals surface area contributed by atoms with Gasteiger partial charge in [-0.3, -0.25) is 9.35 Å². The highest BCUT2D eigenvalue weighted by Crippen LogP contribution is 2.33. The predicted octanol–water partition coefficient (Wildman–Crippen LogP) is 3.15. The second-order valence-corrected chi connectivity index (χ2v) is 6.37. The molecule has 128 valence electrons. The van der Waals surface area contributed by atoms with Gasteiger partial charge >= 0.3 is 5.97 Å². The number of rotatable bonds is 6. The summed E-state index contributed by atoms with van der Waals surface area (Å²) >= 11 is -2.45. The number of nitrogens with one attached hydrogen (secondary N) is 1. The SMILES string of the molecule is O=C(O)C(NS(=O)O)[C@H](c1ccccc1)c1cccc2ccccc12. The molecule has 0 saturated heterocycles. The van der Waals surface area contributed by atoms with Crippen LogP contribution < -0.4 is 4.72 Å². The molecule has 0 aromatic heterocycles. The maximum atomic E-state index is 11.9. The lowest BCUT2D eigenvalue weighted by Gasteiger charge is -2.26. The Bertz CT molecular complexity index is 908. The average molecular weight is 355 g/mol. The molecule has 3 rings (SSSR count). The third-order valence-electron chi connectivity index (χ3n) is 4.14. The number of carboxylic acids is 1. The van der Waals surface area contributed by atoms with Crippen molar-refractivity contribution in [2.45, 2.75) is 12.0 Å². The molecule has 6 heteroatoms. The number of hydrogen-bond donors (Lipinski definition) is 3. The topological polar surface area (TPSA) is 86.6 Å². The van der Waals surface area contributed by atoms with Crippen molar-refractivity contribution in [3.05, 3.63) is 83.9 Å². The zero-order chi connectivity index (χ0) is 17.8. The highest BCUT2D eigenvalue weighted by atomic mass is 32.2. The Morgan fingerprint density at radius 3 is 2.24 bits per heavy atom. The van der Waals surface area contributed by atoms with E-state index < -0.39 is 29.2 Å². The van der Waals surface area contributed by atoms with Gasteiger partial charge in [-0.25, -0.2) is 4.21 Å². The molecule has 0 radical (unpaired) electrons. The summed E-state index contributed by atoms with van der Waals surface area (Å²) in [7, 11) is 0. The summed E-state index contributed by atoms with van der Waals surface area (Å²) in [5.74, 6) is -1.81. The molecule has 3 aromatic carbocycles. The number of carbonyl (C=O) groups is 1. The summed E-state index contributed by atoms with van der Waals surface area (Å²) in [6, 6.07) is 21.2. The molecule has 0 aliphatic carbocycles. The van der Waals surface area contributed by atoms with E-state index >= 15 is 0 Å². The Morgan fingerprint density at radius 2 is 1.56 bits per heavy atom. The van der Waals surface area contributed by atoms with E-state index in [4.69, 9.17) is 0 Å². The normalized spacial score (nSPS) is 14.8. The lowest BCUT2D eigenvalue weighted by molar-refractivity contribution is -0.139. The Morgan fingerprint density at radius 1 is 0.920 bits per heavy atom. The first-order chi connectivity index (χ1) is 12.1. The summed E-state index contributed by atoms with van der Waals surface area (Å²) in [6.45, 7) is 0. The molecule has 3 N–H and O–H groups in total. The van der Waals surface area contributed by atoms with Crippen molar-refractivity contribution >= 4 is 28.0 Å². The van der Waals surface area contributed by atoms with Gasteiger partial charge in [-0.15, -0.1) is 0 Å². The molecule has 0 spiro atoms. The number of fused-ring (bicyclic) bond motifs is 1. The van der Waals surface area contributed by atoms with Crippen LogP contribution in [0.3, 0.4) is 0 Å². The van der Waals surface area contributed by atoms with Crippen molar-refractivity contribution in [1.29, 1.82) is 0 Å². The van der Waals surface area contributed by atoms with Gasteiger partial charge in [-0.2, -0.15) is 4.72 Å². The van der Waals surface area contributed by atoms with Gasteiger partial charge in [0.1, 0.15) is 6.04 Å². The van der Waals surface area contributed by atoms with Gasteiger partial charge < -0.3 is 5.11 Å². The first-order valence-electron chi connectivity index (χ1n) is 7.70. The van der Waals surface area contributed by atoms with Crippen molar-refractivity contribution < 1.29 is 18.7 Å². The largest absolute Gasteiger partial charge is 0.480 e. The third-order valence-corrected chi connectivity index (χ3v) is 4.60. The molecular formula is C19H17NO4S. The first kappa shape index (κ1) is 17.3. The second kappa shape index (κ2) is 7.57. The Labute approximate surface area is 147 Å². The number of aliphatic carboxylic acids is 1. The number of benzene rings is 3. The number of carboxylic acid groups (broad SMARTS) is 1. The molecule has 0 heterocycles. The molecule has 0 amide bonds. The molecular weight excluding hydrogens is 338 g/mol. The van der Waals surface area contributed by atoms with Crippen LogP contribution in [-0.2, 0) is 16.1 Å². The third kappa shape index (κ3) is 3.76. The summed E-state index contributed by atoms with van der Waals surface area (Å²) in [5, 5.41) is 11.6. The molecule has 2 unspecified atom stereocenters. The van der Waals surface area contributed by atoms with Crippen LogP contribution in [0.4, 0.5) is 0 Å². The van der Waals surface area contributed by atoms with Gasteiger partial charge in [0.25, 0.3) is 0 Å². The quantitative estimate of drug-likeness (QED) is 0.593. The fraction of sp³-hybridized carbons (Fsp3) is 0.105. The van der Waals surface area contributed by atoms with Gasteiger partial charge in [-0.05, 0) is 21.9 Å². The Hall–Kier alpha value is -2.54. The van der Waals surface area contributed by atoms with Gasteiger partial charge in [0.15, 0.2) is 0 Å². The van der Waals surface area contributed by atoms with E-state index in [0.717, 1.165) is 21.9 Å². The van der Waals surface area contributed by atoms with Gasteiger partial charge in [-0.1, -0.05) is 72.8 Å². The standard InChI is InChI=1S/C19H17NO4S/c21-19(22)18(20-25(23)24)17(14-8-2-1-3-9-14)16-12-6-10-13-7-4-5-11-15(13)16/h1-12,17-18,20H,(H,21,22)(H,23,24)/t17-,18?/m1/s1. The monoisotopic (exact) mass is 355 g/mol. The number of hydrogen-bond acceptors (Lipinski definition) is 2. The molecule has 5 nitrogen and oxygen atoms in total. The van der Waals surface area contributed by atoms with E-state index in [2.05, 4.69) is 4.72 Å². The van der Waals surface area contributed by atoms with E-state index in [1.165, 1.54) is 0 Å². The van der Waals surface area contributed by atoms with Gasteiger partial charge in [0.05, 0.1) is 0 Å². The Balaban J connectivity index is 2.23. The van der Waals surface area contributed by atoms with E-state index in [9.17, 15) is 18.7 Å². The minimum absolute atomic E-state index is 0.624. The zero-order valence-corrected chi connectivity index (χ0v) is 14.0. The van der Waals surface area contributed by atoms with Crippen molar-refractivity contribution in [3.63, 3.8) is 0 Å². The molecule has 25 heavy (non-hydrogen) atoms. The zero-order valence-electron chi connectivity index (χ0n) is 13.2. The second-order valence-electron chi connectivity index (χ2n) is 5.64. The maximum absolute atomic E-state index is 11.9. The van der Waals surface area contributed by atoms with Crippen LogP contribution in [0.1, 0.15) is 17.0 Å². The molecule has 0 bridgehead atoms. The fourth-order valence-electron chi connectivity index (χ4n) is 3.10. The van der Waals surface area contributed by atoms with Gasteiger partial charge in [0, 0.05) is 5.92 Å². The summed E-state index contributed by atoms with van der Waals surface area (Å²) in [6.07, 6.45) is 0. The summed E-state index contributed by atoms with van der Waals surface area (Å²) < 4.78 is 22.8. The van der Waals surface area contributed by atoms with Crippen LogP contribution >= 0.6 is 0 Å². The van der Waals surface area contributed by atoms with E-state index in [1.54, 1.807) is 0 Å². The van der Waals surface area contributed by atoms with Crippen LogP contribution in [0.15, 0.2) is 72.8 Å². The van der Waals surface area contributed by atoms with Crippen molar-refractivity contribution in [3.8, 4) is 0 Å². The van der Waals surface area contributed by atoms with Crippen LogP contribution in [0, 0.1) is 0 Å². The smallest absolute Gasteiger partial charge is 0.322 e. The highest BCUT2D eigenvalue weighted by Gasteiger charge is 2.33. The predicted molar refractivity (Wildman–Crippen MR) is 97.6 cm³/mol.